The number of aromatic nitrogens is 3. The lowest BCUT2D eigenvalue weighted by Crippen LogP contribution is -2.30. The molecule has 0 spiro atoms. The van der Waals surface area contributed by atoms with Gasteiger partial charge in [0.25, 0.3) is 5.56 Å². The van der Waals surface area contributed by atoms with E-state index in [1.54, 1.807) is 18.2 Å². The molecule has 4 rings (SSSR count). The topological polar surface area (TPSA) is 95.3 Å². The number of carbonyl (C=O) groups excluding carboxylic acids is 1. The molecule has 0 radical (unpaired) electrons. The SMILES string of the molecule is COc1ccc(OC)c(NC(=O)Cn2nc(-c3cccs3)c3sc(C)nc3c2=O)c1. The molecule has 1 aromatic carbocycles. The number of amides is 1. The summed E-state index contributed by atoms with van der Waals surface area (Å²) in [6, 6.07) is 8.91. The first-order valence-electron chi connectivity index (χ1n) is 8.94. The number of fused-ring (bicyclic) bond motifs is 1. The van der Waals surface area contributed by atoms with Crippen molar-refractivity contribution in [2.45, 2.75) is 13.5 Å². The van der Waals surface area contributed by atoms with Crippen LogP contribution in [0, 0.1) is 6.92 Å². The predicted molar refractivity (Wildman–Crippen MR) is 118 cm³/mol. The van der Waals surface area contributed by atoms with E-state index in [-0.39, 0.29) is 6.54 Å². The van der Waals surface area contributed by atoms with Crippen molar-refractivity contribution in [3.05, 3.63) is 51.1 Å². The Kier molecular flexibility index (Phi) is 5.51. The molecule has 0 saturated heterocycles. The standard InChI is InChI=1S/C20H18N4O4S2/c1-11-21-18-19(30-11)17(15-5-4-8-29-15)23-24(20(18)26)10-16(25)22-13-9-12(27-2)6-7-14(13)28-3/h4-9H,10H2,1-3H3,(H,22,25). The highest BCUT2D eigenvalue weighted by molar-refractivity contribution is 7.20. The van der Waals surface area contributed by atoms with Crippen molar-refractivity contribution in [1.82, 2.24) is 14.8 Å². The largest absolute Gasteiger partial charge is 0.497 e. The van der Waals surface area contributed by atoms with E-state index in [9.17, 15) is 9.59 Å². The van der Waals surface area contributed by atoms with Crippen LogP contribution in [0.5, 0.6) is 11.5 Å². The number of benzene rings is 1. The van der Waals surface area contributed by atoms with Gasteiger partial charge in [-0.25, -0.2) is 9.67 Å². The Morgan fingerprint density at radius 3 is 2.77 bits per heavy atom. The Bertz CT molecular complexity index is 1280. The quantitative estimate of drug-likeness (QED) is 0.491. The molecular weight excluding hydrogens is 424 g/mol. The van der Waals surface area contributed by atoms with Gasteiger partial charge in [0.05, 0.1) is 34.5 Å². The first kappa shape index (κ1) is 20.0. The number of hydrogen-bond donors (Lipinski definition) is 1. The van der Waals surface area contributed by atoms with Crippen LogP contribution in [0.4, 0.5) is 5.69 Å². The Morgan fingerprint density at radius 2 is 2.07 bits per heavy atom. The van der Waals surface area contributed by atoms with Crippen LogP contribution in [-0.4, -0.2) is 34.9 Å². The number of nitrogens with one attached hydrogen (secondary N) is 1. The van der Waals surface area contributed by atoms with Gasteiger partial charge in [-0.05, 0) is 30.5 Å². The summed E-state index contributed by atoms with van der Waals surface area (Å²) in [4.78, 5) is 30.9. The summed E-state index contributed by atoms with van der Waals surface area (Å²) in [6.45, 7) is 1.58. The fourth-order valence-electron chi connectivity index (χ4n) is 2.99. The van der Waals surface area contributed by atoms with E-state index in [4.69, 9.17) is 9.47 Å². The molecule has 4 aromatic rings. The molecule has 0 unspecified atom stereocenters. The predicted octanol–water partition coefficient (Wildman–Crippen LogP) is 3.55. The van der Waals surface area contributed by atoms with Crippen LogP contribution in [0.15, 0.2) is 40.5 Å². The maximum Gasteiger partial charge on any atom is 0.294 e. The Morgan fingerprint density at radius 1 is 1.23 bits per heavy atom. The molecule has 154 valence electrons. The van der Waals surface area contributed by atoms with Gasteiger partial charge in [0, 0.05) is 6.07 Å². The molecular formula is C20H18N4O4S2. The first-order valence-corrected chi connectivity index (χ1v) is 10.6. The summed E-state index contributed by atoms with van der Waals surface area (Å²) in [7, 11) is 3.05. The van der Waals surface area contributed by atoms with Crippen LogP contribution in [0.25, 0.3) is 20.8 Å². The van der Waals surface area contributed by atoms with Crippen molar-refractivity contribution in [1.29, 1.82) is 0 Å². The van der Waals surface area contributed by atoms with Crippen molar-refractivity contribution in [2.24, 2.45) is 0 Å². The van der Waals surface area contributed by atoms with Crippen LogP contribution < -0.4 is 20.3 Å². The maximum atomic E-state index is 12.9. The van der Waals surface area contributed by atoms with E-state index >= 15 is 0 Å². The summed E-state index contributed by atoms with van der Waals surface area (Å²) in [6.07, 6.45) is 0. The highest BCUT2D eigenvalue weighted by atomic mass is 32.1. The number of carbonyl (C=O) groups is 1. The summed E-state index contributed by atoms with van der Waals surface area (Å²) in [5.74, 6) is 0.634. The lowest BCUT2D eigenvalue weighted by Gasteiger charge is -2.12. The first-order chi connectivity index (χ1) is 14.5. The third-order valence-electron chi connectivity index (χ3n) is 4.34. The molecule has 0 aliphatic carbocycles. The molecule has 3 aromatic heterocycles. The zero-order valence-electron chi connectivity index (χ0n) is 16.5. The number of anilines is 1. The van der Waals surface area contributed by atoms with Gasteiger partial charge in [-0.3, -0.25) is 9.59 Å². The van der Waals surface area contributed by atoms with Crippen LogP contribution >= 0.6 is 22.7 Å². The van der Waals surface area contributed by atoms with Gasteiger partial charge in [0.1, 0.15) is 23.7 Å². The van der Waals surface area contributed by atoms with Gasteiger partial charge in [-0.2, -0.15) is 5.10 Å². The van der Waals surface area contributed by atoms with E-state index < -0.39 is 11.5 Å². The molecule has 8 nitrogen and oxygen atoms in total. The molecule has 30 heavy (non-hydrogen) atoms. The van der Waals surface area contributed by atoms with Gasteiger partial charge < -0.3 is 14.8 Å². The Hall–Kier alpha value is -3.24. The smallest absolute Gasteiger partial charge is 0.294 e. The number of aryl methyl sites for hydroxylation is 1. The van der Waals surface area contributed by atoms with Gasteiger partial charge >= 0.3 is 0 Å². The second kappa shape index (κ2) is 8.25. The zero-order chi connectivity index (χ0) is 21.3. The van der Waals surface area contributed by atoms with Crippen LogP contribution in [0.3, 0.4) is 0 Å². The number of thiazole rings is 1. The van der Waals surface area contributed by atoms with Gasteiger partial charge in [0.2, 0.25) is 5.91 Å². The minimum atomic E-state index is -0.417. The summed E-state index contributed by atoms with van der Waals surface area (Å²) >= 11 is 2.93. The van der Waals surface area contributed by atoms with Gasteiger partial charge in [-0.1, -0.05) is 6.07 Å². The molecule has 3 heterocycles. The summed E-state index contributed by atoms with van der Waals surface area (Å²) < 4.78 is 12.4. The minimum absolute atomic E-state index is 0.260. The van der Waals surface area contributed by atoms with E-state index in [2.05, 4.69) is 15.4 Å². The zero-order valence-corrected chi connectivity index (χ0v) is 18.1. The van der Waals surface area contributed by atoms with E-state index in [1.165, 1.54) is 36.9 Å². The highest BCUT2D eigenvalue weighted by Gasteiger charge is 2.19. The number of hydrogen-bond acceptors (Lipinski definition) is 8. The van der Waals surface area contributed by atoms with Crippen molar-refractivity contribution in [2.75, 3.05) is 19.5 Å². The van der Waals surface area contributed by atoms with E-state index in [0.29, 0.717) is 28.4 Å². The normalized spacial score (nSPS) is 10.9. The van der Waals surface area contributed by atoms with Crippen molar-refractivity contribution in [3.63, 3.8) is 0 Å². The number of thiophene rings is 1. The average Bonchev–Trinajstić information content (AvgIpc) is 3.40. The average molecular weight is 443 g/mol. The molecule has 0 fully saturated rings. The molecule has 1 N–H and O–H groups in total. The van der Waals surface area contributed by atoms with Crippen LogP contribution in [0.1, 0.15) is 5.01 Å². The van der Waals surface area contributed by atoms with Gasteiger partial charge in [-0.15, -0.1) is 22.7 Å². The third-order valence-corrected chi connectivity index (χ3v) is 6.19. The monoisotopic (exact) mass is 442 g/mol. The van der Waals surface area contributed by atoms with E-state index in [0.717, 1.165) is 19.3 Å². The van der Waals surface area contributed by atoms with Crippen LogP contribution in [0.2, 0.25) is 0 Å². The lowest BCUT2D eigenvalue weighted by atomic mass is 10.2. The number of methoxy groups -OCH3 is 2. The number of ether oxygens (including phenoxy) is 2. The molecule has 10 heteroatoms. The van der Waals surface area contributed by atoms with E-state index in [1.807, 2.05) is 24.4 Å². The molecule has 0 aliphatic rings. The Balaban J connectivity index is 1.70. The lowest BCUT2D eigenvalue weighted by molar-refractivity contribution is -0.117. The number of nitrogens with zero attached hydrogens (tertiary/aromatic N) is 3. The Labute approximate surface area is 179 Å². The van der Waals surface area contributed by atoms with Crippen molar-refractivity contribution in [3.8, 4) is 22.1 Å². The molecule has 1 amide bonds. The fraction of sp³-hybridized carbons (Fsp3) is 0.200. The fourth-order valence-corrected chi connectivity index (χ4v) is 4.67. The molecule has 0 saturated carbocycles. The van der Waals surface area contributed by atoms with Crippen molar-refractivity contribution >= 4 is 44.5 Å². The summed E-state index contributed by atoms with van der Waals surface area (Å²) in [5.41, 5.74) is 1.01. The van der Waals surface area contributed by atoms with Crippen molar-refractivity contribution < 1.29 is 14.3 Å². The second-order valence-corrected chi connectivity index (χ2v) is 8.46. The molecule has 0 aliphatic heterocycles. The van der Waals surface area contributed by atoms with Crippen LogP contribution in [-0.2, 0) is 11.3 Å². The highest BCUT2D eigenvalue weighted by Crippen LogP contribution is 2.32. The molecule has 0 atom stereocenters. The molecule has 0 bridgehead atoms. The maximum absolute atomic E-state index is 12.9. The number of rotatable bonds is 6. The second-order valence-electron chi connectivity index (χ2n) is 6.31. The van der Waals surface area contributed by atoms with Gasteiger partial charge in [0.15, 0.2) is 5.52 Å². The minimum Gasteiger partial charge on any atom is -0.497 e. The summed E-state index contributed by atoms with van der Waals surface area (Å²) in [5, 5.41) is 9.95. The third kappa shape index (κ3) is 3.79.